The molecule has 1 N–H and O–H groups in total. The van der Waals surface area contributed by atoms with Gasteiger partial charge < -0.3 is 10.1 Å². The standard InChI is InChI=1S/C15H11F2N3O6/c1-8-10(6-9(19(22)23)7-12(8)20(24)25)14(21)18-11-4-2-3-5-13(11)26-15(16)17/h2-7,15H,1H3,(H,18,21). The fourth-order valence-electron chi connectivity index (χ4n) is 2.17. The van der Waals surface area contributed by atoms with Crippen LogP contribution in [-0.2, 0) is 0 Å². The zero-order valence-corrected chi connectivity index (χ0v) is 13.1. The predicted octanol–water partition coefficient (Wildman–Crippen LogP) is 3.67. The van der Waals surface area contributed by atoms with Crippen LogP contribution >= 0.6 is 0 Å². The lowest BCUT2D eigenvalue weighted by Gasteiger charge is -2.12. The molecule has 0 saturated carbocycles. The van der Waals surface area contributed by atoms with E-state index in [0.717, 1.165) is 12.1 Å². The fraction of sp³-hybridized carbons (Fsp3) is 0.133. The number of anilines is 1. The first-order valence-corrected chi connectivity index (χ1v) is 6.99. The van der Waals surface area contributed by atoms with Gasteiger partial charge in [0.05, 0.1) is 27.2 Å². The maximum absolute atomic E-state index is 12.4. The van der Waals surface area contributed by atoms with Crippen LogP contribution in [0.2, 0.25) is 0 Å². The van der Waals surface area contributed by atoms with Crippen molar-refractivity contribution in [3.8, 4) is 5.75 Å². The number of nitro groups is 2. The highest BCUT2D eigenvalue weighted by Crippen LogP contribution is 2.30. The smallest absolute Gasteiger partial charge is 0.387 e. The van der Waals surface area contributed by atoms with Crippen molar-refractivity contribution in [3.05, 3.63) is 67.8 Å². The number of para-hydroxylation sites is 2. The minimum Gasteiger partial charge on any atom is -0.433 e. The first-order valence-electron chi connectivity index (χ1n) is 6.99. The average Bonchev–Trinajstić information content (AvgIpc) is 2.55. The van der Waals surface area contributed by atoms with Crippen LogP contribution in [0.4, 0.5) is 25.8 Å². The highest BCUT2D eigenvalue weighted by molar-refractivity contribution is 6.07. The van der Waals surface area contributed by atoms with E-state index < -0.39 is 33.7 Å². The van der Waals surface area contributed by atoms with Gasteiger partial charge in [-0.15, -0.1) is 0 Å². The third kappa shape index (κ3) is 4.06. The van der Waals surface area contributed by atoms with E-state index in [2.05, 4.69) is 10.1 Å². The quantitative estimate of drug-likeness (QED) is 0.613. The van der Waals surface area contributed by atoms with Gasteiger partial charge in [-0.3, -0.25) is 25.0 Å². The van der Waals surface area contributed by atoms with Crippen LogP contribution in [0.15, 0.2) is 36.4 Å². The first kappa shape index (κ1) is 18.7. The molecule has 0 heterocycles. The Morgan fingerprint density at radius 2 is 1.81 bits per heavy atom. The zero-order valence-electron chi connectivity index (χ0n) is 13.1. The molecule has 2 rings (SSSR count). The summed E-state index contributed by atoms with van der Waals surface area (Å²) < 4.78 is 29.1. The molecule has 0 aliphatic heterocycles. The van der Waals surface area contributed by atoms with E-state index in [4.69, 9.17) is 0 Å². The highest BCUT2D eigenvalue weighted by Gasteiger charge is 2.25. The van der Waals surface area contributed by atoms with E-state index in [0.29, 0.717) is 0 Å². The van der Waals surface area contributed by atoms with Gasteiger partial charge in [0.2, 0.25) is 0 Å². The average molecular weight is 367 g/mol. The number of carbonyl (C=O) groups is 1. The van der Waals surface area contributed by atoms with Crippen LogP contribution < -0.4 is 10.1 Å². The molecule has 0 fully saturated rings. The summed E-state index contributed by atoms with van der Waals surface area (Å²) in [6, 6.07) is 6.91. The third-order valence-electron chi connectivity index (χ3n) is 3.37. The van der Waals surface area contributed by atoms with Crippen LogP contribution in [0.1, 0.15) is 15.9 Å². The van der Waals surface area contributed by atoms with Crippen molar-refractivity contribution in [2.45, 2.75) is 13.5 Å². The molecule has 0 unspecified atom stereocenters. The molecule has 2 aromatic carbocycles. The predicted molar refractivity (Wildman–Crippen MR) is 85.5 cm³/mol. The summed E-state index contributed by atoms with van der Waals surface area (Å²) in [6.45, 7) is -1.88. The van der Waals surface area contributed by atoms with E-state index in [1.807, 2.05) is 0 Å². The molecule has 0 atom stereocenters. The molecule has 0 saturated heterocycles. The maximum atomic E-state index is 12.4. The summed E-state index contributed by atoms with van der Waals surface area (Å²) >= 11 is 0. The van der Waals surface area contributed by atoms with E-state index in [9.17, 15) is 33.8 Å². The Bertz CT molecular complexity index is 888. The number of alkyl halides is 2. The van der Waals surface area contributed by atoms with Gasteiger partial charge in [-0.25, -0.2) is 0 Å². The summed E-state index contributed by atoms with van der Waals surface area (Å²) in [7, 11) is 0. The van der Waals surface area contributed by atoms with Crippen LogP contribution in [0.5, 0.6) is 5.75 Å². The number of halogens is 2. The van der Waals surface area contributed by atoms with Crippen molar-refractivity contribution in [2.75, 3.05) is 5.32 Å². The Hall–Kier alpha value is -3.63. The van der Waals surface area contributed by atoms with Gasteiger partial charge in [0.15, 0.2) is 0 Å². The molecule has 9 nitrogen and oxygen atoms in total. The SMILES string of the molecule is Cc1c(C(=O)Nc2ccccc2OC(F)F)cc([N+](=O)[O-])cc1[N+](=O)[O-]. The van der Waals surface area contributed by atoms with Gasteiger partial charge >= 0.3 is 6.61 Å². The van der Waals surface area contributed by atoms with Crippen molar-refractivity contribution in [2.24, 2.45) is 0 Å². The monoisotopic (exact) mass is 367 g/mol. The molecule has 0 aliphatic carbocycles. The lowest BCUT2D eigenvalue weighted by molar-refractivity contribution is -0.394. The van der Waals surface area contributed by atoms with Gasteiger partial charge in [-0.2, -0.15) is 8.78 Å². The molecule has 1 amide bonds. The van der Waals surface area contributed by atoms with Gasteiger partial charge in [0.25, 0.3) is 17.3 Å². The summed E-state index contributed by atoms with van der Waals surface area (Å²) in [4.78, 5) is 32.7. The molecule has 2 aromatic rings. The van der Waals surface area contributed by atoms with Gasteiger partial charge in [-0.05, 0) is 19.1 Å². The lowest BCUT2D eigenvalue weighted by atomic mass is 10.0. The molecular formula is C15H11F2N3O6. The van der Waals surface area contributed by atoms with Crippen molar-refractivity contribution in [1.29, 1.82) is 0 Å². The minimum absolute atomic E-state index is 0.106. The maximum Gasteiger partial charge on any atom is 0.387 e. The molecule has 0 bridgehead atoms. The number of carbonyl (C=O) groups excluding carboxylic acids is 1. The van der Waals surface area contributed by atoms with E-state index in [1.165, 1.54) is 31.2 Å². The Labute approximate surface area is 144 Å². The topological polar surface area (TPSA) is 125 Å². The molecular weight excluding hydrogens is 356 g/mol. The van der Waals surface area contributed by atoms with Gasteiger partial charge in [0.1, 0.15) is 5.75 Å². The number of nitro benzene ring substituents is 2. The number of hydrogen-bond acceptors (Lipinski definition) is 6. The summed E-state index contributed by atoms with van der Waals surface area (Å²) in [5, 5.41) is 24.3. The first-order chi connectivity index (χ1) is 12.2. The Morgan fingerprint density at radius 3 is 2.38 bits per heavy atom. The zero-order chi connectivity index (χ0) is 19.4. The Kier molecular flexibility index (Phi) is 5.40. The number of rotatable bonds is 6. The molecule has 11 heteroatoms. The summed E-state index contributed by atoms with van der Waals surface area (Å²) in [5.41, 5.74) is -1.82. The number of amides is 1. The molecule has 26 heavy (non-hydrogen) atoms. The van der Waals surface area contributed by atoms with Crippen molar-refractivity contribution in [1.82, 2.24) is 0 Å². The number of nitrogens with one attached hydrogen (secondary N) is 1. The molecule has 0 aromatic heterocycles. The fourth-order valence-corrected chi connectivity index (χ4v) is 2.17. The number of nitrogens with zero attached hydrogens (tertiary/aromatic N) is 2. The number of hydrogen-bond donors (Lipinski definition) is 1. The third-order valence-corrected chi connectivity index (χ3v) is 3.37. The second-order valence-corrected chi connectivity index (χ2v) is 4.98. The number of non-ortho nitro benzene ring substituents is 1. The van der Waals surface area contributed by atoms with Gasteiger partial charge in [0, 0.05) is 11.6 Å². The van der Waals surface area contributed by atoms with Gasteiger partial charge in [-0.1, -0.05) is 12.1 Å². The van der Waals surface area contributed by atoms with E-state index >= 15 is 0 Å². The normalized spacial score (nSPS) is 10.5. The highest BCUT2D eigenvalue weighted by atomic mass is 19.3. The largest absolute Gasteiger partial charge is 0.433 e. The second-order valence-electron chi connectivity index (χ2n) is 4.98. The molecule has 0 spiro atoms. The van der Waals surface area contributed by atoms with Crippen LogP contribution in [-0.4, -0.2) is 22.4 Å². The summed E-state index contributed by atoms with van der Waals surface area (Å²) in [5.74, 6) is -1.27. The van der Waals surface area contributed by atoms with Crippen molar-refractivity contribution in [3.63, 3.8) is 0 Å². The molecule has 136 valence electrons. The molecule has 0 radical (unpaired) electrons. The van der Waals surface area contributed by atoms with Crippen LogP contribution in [0.25, 0.3) is 0 Å². The molecule has 0 aliphatic rings. The van der Waals surface area contributed by atoms with Crippen LogP contribution in [0.3, 0.4) is 0 Å². The Balaban J connectivity index is 2.45. The van der Waals surface area contributed by atoms with E-state index in [-0.39, 0.29) is 22.6 Å². The number of benzene rings is 2. The van der Waals surface area contributed by atoms with Crippen molar-refractivity contribution < 1.29 is 28.2 Å². The minimum atomic E-state index is -3.13. The van der Waals surface area contributed by atoms with Crippen molar-refractivity contribution >= 4 is 23.0 Å². The lowest BCUT2D eigenvalue weighted by Crippen LogP contribution is -2.16. The van der Waals surface area contributed by atoms with E-state index in [1.54, 1.807) is 0 Å². The number of ether oxygens (including phenoxy) is 1. The second kappa shape index (κ2) is 7.51. The van der Waals surface area contributed by atoms with Crippen LogP contribution in [0, 0.1) is 27.2 Å². The summed E-state index contributed by atoms with van der Waals surface area (Å²) in [6.07, 6.45) is 0. The Morgan fingerprint density at radius 1 is 1.15 bits per heavy atom.